The summed E-state index contributed by atoms with van der Waals surface area (Å²) in [7, 11) is 0. The van der Waals surface area contributed by atoms with Crippen molar-refractivity contribution in [1.82, 2.24) is 9.55 Å². The molecule has 0 amide bonds. The average molecular weight is 330 g/mol. The van der Waals surface area contributed by atoms with Crippen LogP contribution in [-0.2, 0) is 18.8 Å². The Morgan fingerprint density at radius 2 is 2.00 bits per heavy atom. The van der Waals surface area contributed by atoms with E-state index < -0.39 is 0 Å². The average Bonchev–Trinajstić information content (AvgIpc) is 3.05. The summed E-state index contributed by atoms with van der Waals surface area (Å²) in [4.78, 5) is 4.49. The molecule has 0 fully saturated rings. The molecule has 104 valence electrons. The van der Waals surface area contributed by atoms with Gasteiger partial charge in [-0.3, -0.25) is 0 Å². The summed E-state index contributed by atoms with van der Waals surface area (Å²) in [5.41, 5.74) is 1.73. The lowest BCUT2D eigenvalue weighted by molar-refractivity contribution is 0.491. The second-order valence-corrected chi connectivity index (χ2v) is 5.48. The summed E-state index contributed by atoms with van der Waals surface area (Å²) >= 11 is 18.1. The molecular formula is C14H11Cl3N2O. The predicted octanol–water partition coefficient (Wildman–Crippen LogP) is 4.92. The second-order valence-electron chi connectivity index (χ2n) is 4.40. The van der Waals surface area contributed by atoms with Gasteiger partial charge in [-0.15, -0.1) is 11.6 Å². The van der Waals surface area contributed by atoms with Crippen LogP contribution in [0.15, 0.2) is 34.9 Å². The van der Waals surface area contributed by atoms with Crippen molar-refractivity contribution in [2.45, 2.75) is 18.8 Å². The van der Waals surface area contributed by atoms with Gasteiger partial charge in [0.15, 0.2) is 0 Å². The van der Waals surface area contributed by atoms with E-state index in [2.05, 4.69) is 4.98 Å². The molecule has 3 nitrogen and oxygen atoms in total. The molecule has 6 heteroatoms. The number of halogens is 3. The van der Waals surface area contributed by atoms with E-state index in [9.17, 15) is 0 Å². The Kier molecular flexibility index (Phi) is 3.92. The molecule has 20 heavy (non-hydrogen) atoms. The highest BCUT2D eigenvalue weighted by atomic mass is 35.5. The van der Waals surface area contributed by atoms with Gasteiger partial charge in [0.1, 0.15) is 11.6 Å². The van der Waals surface area contributed by atoms with Gasteiger partial charge >= 0.3 is 0 Å². The molecule has 0 aliphatic rings. The minimum Gasteiger partial charge on any atom is -0.469 e. The van der Waals surface area contributed by atoms with E-state index in [1.807, 2.05) is 22.8 Å². The van der Waals surface area contributed by atoms with E-state index >= 15 is 0 Å². The van der Waals surface area contributed by atoms with Crippen LogP contribution < -0.4 is 0 Å². The van der Waals surface area contributed by atoms with Crippen LogP contribution >= 0.6 is 34.8 Å². The number of furan rings is 1. The molecule has 0 atom stereocenters. The van der Waals surface area contributed by atoms with E-state index in [1.54, 1.807) is 12.3 Å². The fourth-order valence-corrected chi connectivity index (χ4v) is 2.72. The molecule has 0 N–H and O–H groups in total. The number of fused-ring (bicyclic) bond motifs is 1. The molecule has 0 aliphatic carbocycles. The topological polar surface area (TPSA) is 31.0 Å². The molecule has 3 rings (SSSR count). The monoisotopic (exact) mass is 328 g/mol. The lowest BCUT2D eigenvalue weighted by Crippen LogP contribution is -2.04. The zero-order valence-electron chi connectivity index (χ0n) is 10.4. The summed E-state index contributed by atoms with van der Waals surface area (Å²) in [5, 5.41) is 1.01. The highest BCUT2D eigenvalue weighted by Crippen LogP contribution is 2.29. The Bertz CT molecular complexity index is 735. The van der Waals surface area contributed by atoms with Gasteiger partial charge in [0.05, 0.1) is 33.2 Å². The van der Waals surface area contributed by atoms with Crippen molar-refractivity contribution in [3.8, 4) is 0 Å². The standard InChI is InChI=1S/C14H11Cl3N2O/c15-8-14-18-12-6-10(16)11(17)7-13(12)19(14)4-3-9-2-1-5-20-9/h1-2,5-7H,3-4,8H2. The number of aryl methyl sites for hydroxylation is 2. The number of nitrogens with zero attached hydrogens (tertiary/aromatic N) is 2. The summed E-state index contributed by atoms with van der Waals surface area (Å²) < 4.78 is 7.39. The highest BCUT2D eigenvalue weighted by Gasteiger charge is 2.12. The molecule has 2 heterocycles. The van der Waals surface area contributed by atoms with Crippen molar-refractivity contribution in [1.29, 1.82) is 0 Å². The van der Waals surface area contributed by atoms with Crippen LogP contribution in [0.5, 0.6) is 0 Å². The van der Waals surface area contributed by atoms with Gasteiger partial charge in [0.2, 0.25) is 0 Å². The number of aromatic nitrogens is 2. The van der Waals surface area contributed by atoms with Gasteiger partial charge in [-0.25, -0.2) is 4.98 Å². The van der Waals surface area contributed by atoms with Gasteiger partial charge < -0.3 is 8.98 Å². The molecule has 1 aromatic carbocycles. The molecule has 3 aromatic rings. The minimum atomic E-state index is 0.335. The van der Waals surface area contributed by atoms with E-state index in [0.29, 0.717) is 15.9 Å². The lowest BCUT2D eigenvalue weighted by atomic mass is 10.3. The van der Waals surface area contributed by atoms with Gasteiger partial charge in [-0.05, 0) is 24.3 Å². The van der Waals surface area contributed by atoms with E-state index in [4.69, 9.17) is 39.2 Å². The third-order valence-electron chi connectivity index (χ3n) is 3.15. The van der Waals surface area contributed by atoms with E-state index in [1.165, 1.54) is 0 Å². The number of hydrogen-bond acceptors (Lipinski definition) is 2. The number of imidazole rings is 1. The summed E-state index contributed by atoms with van der Waals surface area (Å²) in [6.07, 6.45) is 2.43. The van der Waals surface area contributed by atoms with Gasteiger partial charge in [0, 0.05) is 13.0 Å². The Balaban J connectivity index is 2.01. The number of alkyl halides is 1. The van der Waals surface area contributed by atoms with Crippen molar-refractivity contribution in [3.63, 3.8) is 0 Å². The van der Waals surface area contributed by atoms with Crippen LogP contribution in [0.1, 0.15) is 11.6 Å². The second kappa shape index (κ2) is 5.68. The van der Waals surface area contributed by atoms with E-state index in [0.717, 1.165) is 35.6 Å². The molecule has 0 aliphatic heterocycles. The zero-order chi connectivity index (χ0) is 14.1. The van der Waals surface area contributed by atoms with Gasteiger partial charge in [-0.1, -0.05) is 23.2 Å². The first-order valence-corrected chi connectivity index (χ1v) is 7.40. The molecule has 0 bridgehead atoms. The first kappa shape index (κ1) is 13.8. The summed E-state index contributed by atoms with van der Waals surface area (Å²) in [6, 6.07) is 7.41. The first-order chi connectivity index (χ1) is 9.69. The van der Waals surface area contributed by atoms with Crippen molar-refractivity contribution < 1.29 is 4.42 Å². The SMILES string of the molecule is ClCc1nc2cc(Cl)c(Cl)cc2n1CCc1ccco1. The first-order valence-electron chi connectivity index (χ1n) is 6.11. The third-order valence-corrected chi connectivity index (χ3v) is 4.11. The van der Waals surface area contributed by atoms with Crippen molar-refractivity contribution in [2.75, 3.05) is 0 Å². The molecule has 0 radical (unpaired) electrons. The summed E-state index contributed by atoms with van der Waals surface area (Å²) in [6.45, 7) is 0.726. The molecule has 0 unspecified atom stereocenters. The van der Waals surface area contributed by atoms with Crippen molar-refractivity contribution >= 4 is 45.8 Å². The largest absolute Gasteiger partial charge is 0.469 e. The predicted molar refractivity (Wildman–Crippen MR) is 81.7 cm³/mol. The minimum absolute atomic E-state index is 0.335. The lowest BCUT2D eigenvalue weighted by Gasteiger charge is -2.07. The Labute approximate surface area is 131 Å². The fourth-order valence-electron chi connectivity index (χ4n) is 2.20. The normalized spacial score (nSPS) is 11.3. The maximum atomic E-state index is 6.09. The third kappa shape index (κ3) is 2.53. The molecule has 0 saturated heterocycles. The number of hydrogen-bond donors (Lipinski definition) is 0. The zero-order valence-corrected chi connectivity index (χ0v) is 12.7. The van der Waals surface area contributed by atoms with Crippen LogP contribution in [-0.4, -0.2) is 9.55 Å². The smallest absolute Gasteiger partial charge is 0.124 e. The van der Waals surface area contributed by atoms with Gasteiger partial charge in [0.25, 0.3) is 0 Å². The van der Waals surface area contributed by atoms with Crippen LogP contribution in [0, 0.1) is 0 Å². The maximum Gasteiger partial charge on any atom is 0.124 e. The Hall–Kier alpha value is -1.16. The maximum absolute atomic E-state index is 6.09. The number of benzene rings is 1. The van der Waals surface area contributed by atoms with Crippen LogP contribution in [0.4, 0.5) is 0 Å². The van der Waals surface area contributed by atoms with E-state index in [-0.39, 0.29) is 0 Å². The van der Waals surface area contributed by atoms with Gasteiger partial charge in [-0.2, -0.15) is 0 Å². The highest BCUT2D eigenvalue weighted by molar-refractivity contribution is 6.42. The molecular weight excluding hydrogens is 319 g/mol. The Morgan fingerprint density at radius 1 is 1.20 bits per heavy atom. The van der Waals surface area contributed by atoms with Crippen LogP contribution in [0.25, 0.3) is 11.0 Å². The number of rotatable bonds is 4. The van der Waals surface area contributed by atoms with Crippen LogP contribution in [0.2, 0.25) is 10.0 Å². The Morgan fingerprint density at radius 3 is 2.70 bits per heavy atom. The quantitative estimate of drug-likeness (QED) is 0.636. The molecule has 2 aromatic heterocycles. The van der Waals surface area contributed by atoms with Crippen molar-refractivity contribution in [2.24, 2.45) is 0 Å². The van der Waals surface area contributed by atoms with Crippen LogP contribution in [0.3, 0.4) is 0 Å². The van der Waals surface area contributed by atoms with Crippen molar-refractivity contribution in [3.05, 3.63) is 52.2 Å². The fraction of sp³-hybridized carbons (Fsp3) is 0.214. The molecule has 0 saturated carbocycles. The summed E-state index contributed by atoms with van der Waals surface area (Å²) in [5.74, 6) is 2.06. The molecule has 0 spiro atoms.